The quantitative estimate of drug-likeness (QED) is 0.152. The molecule has 0 saturated carbocycles. The molecule has 0 N–H and O–H groups in total. The van der Waals surface area contributed by atoms with Gasteiger partial charge in [-0.15, -0.1) is 0 Å². The van der Waals surface area contributed by atoms with E-state index < -0.39 is 0 Å². The largest absolute Gasteiger partial charge is 0.453 e. The van der Waals surface area contributed by atoms with Crippen molar-refractivity contribution in [3.63, 3.8) is 0 Å². The number of nitrogens with zero attached hydrogens (tertiary/aromatic N) is 1. The minimum atomic E-state index is 0.856. The summed E-state index contributed by atoms with van der Waals surface area (Å²) in [5.74, 6) is 0. The first-order valence-electron chi connectivity index (χ1n) is 21.9. The summed E-state index contributed by atoms with van der Waals surface area (Å²) in [7, 11) is 0. The van der Waals surface area contributed by atoms with Crippen molar-refractivity contribution in [2.45, 2.75) is 0 Å². The molecule has 0 radical (unpaired) electrons. The molecule has 0 saturated heterocycles. The summed E-state index contributed by atoms with van der Waals surface area (Å²) in [6.07, 6.45) is 0. The fourth-order valence-electron chi connectivity index (χ4n) is 9.59. The predicted molar refractivity (Wildman–Crippen MR) is 271 cm³/mol. The van der Waals surface area contributed by atoms with Crippen LogP contribution in [0.4, 0.5) is 17.1 Å². The Morgan fingerprint density at radius 3 is 1.31 bits per heavy atom. The lowest BCUT2D eigenvalue weighted by Crippen LogP contribution is -2.10. The standard InChI is InChI=1S/C62H41NO/c1-3-14-44(15-4-1)52-21-9-10-22-53(52)47-30-28-42(29-31-47)43-32-37-50(38-33-43)63(59-27-13-26-57-58-41-36-46-18-7-8-23-56(46)61(58)64-62(57)59)51-39-34-48(35-40-51)55-25-12-20-49-19-11-24-54(60(49)55)45-16-5-2-6-17-45/h1-41H. The lowest BCUT2D eigenvalue weighted by Gasteiger charge is -2.26. The Hall–Kier alpha value is -8.46. The van der Waals surface area contributed by atoms with Crippen LogP contribution in [0.15, 0.2) is 253 Å². The molecule has 12 rings (SSSR count). The maximum absolute atomic E-state index is 6.95. The number of rotatable bonds is 8. The fraction of sp³-hybridized carbons (Fsp3) is 0. The van der Waals surface area contributed by atoms with Gasteiger partial charge < -0.3 is 9.32 Å². The molecule has 1 heterocycles. The van der Waals surface area contributed by atoms with Crippen molar-refractivity contribution in [2.24, 2.45) is 0 Å². The highest BCUT2D eigenvalue weighted by Crippen LogP contribution is 2.45. The van der Waals surface area contributed by atoms with Crippen LogP contribution in [0.1, 0.15) is 0 Å². The van der Waals surface area contributed by atoms with Crippen LogP contribution in [0.5, 0.6) is 0 Å². The molecule has 0 aliphatic carbocycles. The van der Waals surface area contributed by atoms with E-state index in [1.807, 2.05) is 0 Å². The second-order valence-electron chi connectivity index (χ2n) is 16.4. The number of anilines is 3. The smallest absolute Gasteiger partial charge is 0.159 e. The third-order valence-corrected chi connectivity index (χ3v) is 12.7. The van der Waals surface area contributed by atoms with Gasteiger partial charge in [0, 0.05) is 27.5 Å². The van der Waals surface area contributed by atoms with Crippen molar-refractivity contribution in [1.82, 2.24) is 0 Å². The van der Waals surface area contributed by atoms with Gasteiger partial charge in [-0.05, 0) is 108 Å². The third-order valence-electron chi connectivity index (χ3n) is 12.7. The lowest BCUT2D eigenvalue weighted by molar-refractivity contribution is 0.673. The van der Waals surface area contributed by atoms with Crippen LogP contribution in [0, 0.1) is 0 Å². The molecule has 0 atom stereocenters. The van der Waals surface area contributed by atoms with Crippen LogP contribution in [-0.2, 0) is 0 Å². The van der Waals surface area contributed by atoms with E-state index in [2.05, 4.69) is 254 Å². The van der Waals surface area contributed by atoms with Gasteiger partial charge in [0.1, 0.15) is 5.58 Å². The molecule has 0 fully saturated rings. The Balaban J connectivity index is 0.959. The monoisotopic (exact) mass is 815 g/mol. The fourth-order valence-corrected chi connectivity index (χ4v) is 9.59. The summed E-state index contributed by atoms with van der Waals surface area (Å²) >= 11 is 0. The maximum atomic E-state index is 6.95. The molecule has 0 aliphatic heterocycles. The summed E-state index contributed by atoms with van der Waals surface area (Å²) < 4.78 is 6.95. The van der Waals surface area contributed by atoms with E-state index in [-0.39, 0.29) is 0 Å². The van der Waals surface area contributed by atoms with Gasteiger partial charge in [0.15, 0.2) is 5.58 Å². The molecule has 2 heteroatoms. The molecule has 0 bridgehead atoms. The van der Waals surface area contributed by atoms with Crippen LogP contribution < -0.4 is 4.90 Å². The van der Waals surface area contributed by atoms with Crippen LogP contribution in [-0.4, -0.2) is 0 Å². The molecule has 2 nitrogen and oxygen atoms in total. The Morgan fingerprint density at radius 1 is 0.250 bits per heavy atom. The first-order chi connectivity index (χ1) is 31.7. The molecule has 0 spiro atoms. The van der Waals surface area contributed by atoms with E-state index in [9.17, 15) is 0 Å². The van der Waals surface area contributed by atoms with Crippen molar-refractivity contribution >= 4 is 60.5 Å². The minimum absolute atomic E-state index is 0.856. The Bertz CT molecular complexity index is 3620. The van der Waals surface area contributed by atoms with Crippen molar-refractivity contribution < 1.29 is 4.42 Å². The molecular formula is C62H41NO. The molecule has 64 heavy (non-hydrogen) atoms. The van der Waals surface area contributed by atoms with Gasteiger partial charge in [-0.3, -0.25) is 0 Å². The van der Waals surface area contributed by atoms with Gasteiger partial charge in [0.2, 0.25) is 0 Å². The zero-order valence-electron chi connectivity index (χ0n) is 35.0. The average Bonchev–Trinajstić information content (AvgIpc) is 3.77. The number of hydrogen-bond acceptors (Lipinski definition) is 2. The van der Waals surface area contributed by atoms with E-state index in [0.717, 1.165) is 60.9 Å². The number of benzene rings is 11. The van der Waals surface area contributed by atoms with E-state index in [0.29, 0.717) is 0 Å². The van der Waals surface area contributed by atoms with Crippen molar-refractivity contribution in [1.29, 1.82) is 0 Å². The van der Waals surface area contributed by atoms with Gasteiger partial charge >= 0.3 is 0 Å². The highest BCUT2D eigenvalue weighted by Gasteiger charge is 2.21. The topological polar surface area (TPSA) is 16.4 Å². The highest BCUT2D eigenvalue weighted by molar-refractivity contribution is 6.17. The van der Waals surface area contributed by atoms with Gasteiger partial charge in [-0.1, -0.05) is 212 Å². The average molecular weight is 816 g/mol. The highest BCUT2D eigenvalue weighted by atomic mass is 16.3. The minimum Gasteiger partial charge on any atom is -0.453 e. The second kappa shape index (κ2) is 15.8. The summed E-state index contributed by atoms with van der Waals surface area (Å²) in [5.41, 5.74) is 16.8. The second-order valence-corrected chi connectivity index (χ2v) is 16.4. The zero-order chi connectivity index (χ0) is 42.4. The number of hydrogen-bond donors (Lipinski definition) is 0. The summed E-state index contributed by atoms with van der Waals surface area (Å²) in [6.45, 7) is 0. The normalized spacial score (nSPS) is 11.4. The third kappa shape index (κ3) is 6.52. The number of para-hydroxylation sites is 1. The van der Waals surface area contributed by atoms with E-state index in [1.165, 1.54) is 55.3 Å². The van der Waals surface area contributed by atoms with E-state index >= 15 is 0 Å². The van der Waals surface area contributed by atoms with Crippen LogP contribution in [0.2, 0.25) is 0 Å². The first-order valence-corrected chi connectivity index (χ1v) is 21.9. The summed E-state index contributed by atoms with van der Waals surface area (Å²) in [6, 6.07) is 89.4. The van der Waals surface area contributed by atoms with E-state index in [1.54, 1.807) is 0 Å². The number of furan rings is 1. The van der Waals surface area contributed by atoms with Crippen molar-refractivity contribution in [3.05, 3.63) is 249 Å². The van der Waals surface area contributed by atoms with E-state index in [4.69, 9.17) is 4.42 Å². The molecule has 0 amide bonds. The predicted octanol–water partition coefficient (Wildman–Crippen LogP) is 17.7. The zero-order valence-corrected chi connectivity index (χ0v) is 35.0. The molecular weight excluding hydrogens is 775 g/mol. The molecule has 0 aliphatic rings. The van der Waals surface area contributed by atoms with Crippen molar-refractivity contribution in [3.8, 4) is 55.6 Å². The summed E-state index contributed by atoms with van der Waals surface area (Å²) in [5, 5.41) is 6.96. The van der Waals surface area contributed by atoms with Gasteiger partial charge in [0.25, 0.3) is 0 Å². The van der Waals surface area contributed by atoms with Crippen LogP contribution in [0.25, 0.3) is 99.1 Å². The van der Waals surface area contributed by atoms with Crippen molar-refractivity contribution in [2.75, 3.05) is 4.90 Å². The Kier molecular flexibility index (Phi) is 9.20. The van der Waals surface area contributed by atoms with Gasteiger partial charge in [0.05, 0.1) is 5.69 Å². The molecule has 300 valence electrons. The maximum Gasteiger partial charge on any atom is 0.159 e. The number of fused-ring (bicyclic) bond motifs is 6. The SMILES string of the molecule is c1ccc(-c2ccccc2-c2ccc(-c3ccc(N(c4ccc(-c5cccc6cccc(-c7ccccc7)c56)cc4)c4cccc5c4oc4c6ccccc6ccc54)cc3)cc2)cc1. The Labute approximate surface area is 372 Å². The molecule has 12 aromatic rings. The first kappa shape index (κ1) is 37.3. The molecule has 11 aromatic carbocycles. The van der Waals surface area contributed by atoms with Gasteiger partial charge in [-0.25, -0.2) is 0 Å². The lowest BCUT2D eigenvalue weighted by atomic mass is 9.91. The molecule has 0 unspecified atom stereocenters. The Morgan fingerprint density at radius 2 is 0.672 bits per heavy atom. The summed E-state index contributed by atoms with van der Waals surface area (Å²) in [4.78, 5) is 2.34. The molecule has 1 aromatic heterocycles. The van der Waals surface area contributed by atoms with Crippen LogP contribution in [0.3, 0.4) is 0 Å². The van der Waals surface area contributed by atoms with Crippen LogP contribution >= 0.6 is 0 Å². The van der Waals surface area contributed by atoms with Gasteiger partial charge in [-0.2, -0.15) is 0 Å².